The third-order valence-electron chi connectivity index (χ3n) is 6.53. The fourth-order valence-electron chi connectivity index (χ4n) is 4.71. The Hall–Kier alpha value is -1.56. The zero-order valence-corrected chi connectivity index (χ0v) is 21.4. The molecule has 2 aromatic rings. The van der Waals surface area contributed by atoms with Gasteiger partial charge in [-0.2, -0.15) is 19.3 Å². The van der Waals surface area contributed by atoms with Crippen LogP contribution in [0.5, 0.6) is 0 Å². The molecule has 0 aliphatic heterocycles. The molecule has 0 saturated heterocycles. The summed E-state index contributed by atoms with van der Waals surface area (Å²) in [7, 11) is 0. The van der Waals surface area contributed by atoms with E-state index in [0.717, 1.165) is 51.4 Å². The van der Waals surface area contributed by atoms with Crippen LogP contribution in [-0.2, 0) is 33.3 Å². The Kier molecular flexibility index (Phi) is 13.6. The molecule has 1 unspecified atom stereocenters. The van der Waals surface area contributed by atoms with Gasteiger partial charge in [0.25, 0.3) is 0 Å². The van der Waals surface area contributed by atoms with Crippen molar-refractivity contribution in [3.63, 3.8) is 0 Å². The summed E-state index contributed by atoms with van der Waals surface area (Å²) in [6.07, 6.45) is 10.7. The monoisotopic (exact) mass is 472 g/mol. The van der Waals surface area contributed by atoms with Crippen LogP contribution < -0.4 is 0 Å². The van der Waals surface area contributed by atoms with Gasteiger partial charge in [-0.1, -0.05) is 99.2 Å². The zero-order chi connectivity index (χ0) is 22.5. The van der Waals surface area contributed by atoms with Crippen LogP contribution in [0.15, 0.2) is 54.6 Å². The summed E-state index contributed by atoms with van der Waals surface area (Å²) >= 11 is 0. The van der Waals surface area contributed by atoms with Gasteiger partial charge >= 0.3 is 23.3 Å². The minimum absolute atomic E-state index is 0. The van der Waals surface area contributed by atoms with Crippen LogP contribution in [-0.4, -0.2) is 12.6 Å². The van der Waals surface area contributed by atoms with Crippen molar-refractivity contribution in [2.24, 2.45) is 11.3 Å². The van der Waals surface area contributed by atoms with Crippen LogP contribution in [0.25, 0.3) is 11.1 Å². The van der Waals surface area contributed by atoms with Gasteiger partial charge in [-0.05, 0) is 30.9 Å². The molecule has 0 bridgehead atoms. The smallest absolute Gasteiger partial charge is 0.466 e. The van der Waals surface area contributed by atoms with Gasteiger partial charge in [-0.25, -0.2) is 0 Å². The number of ether oxygens (including phenoxy) is 1. The Bertz CT molecular complexity index is 744. The third kappa shape index (κ3) is 7.79. The van der Waals surface area contributed by atoms with Gasteiger partial charge in [0.05, 0.1) is 12.0 Å². The fraction of sp³-hybridized carbons (Fsp3) is 0.483. The minimum atomic E-state index is -0.202. The number of hydrogen-bond donors (Lipinski definition) is 0. The second-order valence-electron chi connectivity index (χ2n) is 8.44. The first kappa shape index (κ1) is 28.5. The average molecular weight is 473 g/mol. The van der Waals surface area contributed by atoms with Crippen molar-refractivity contribution in [3.8, 4) is 11.1 Å². The SMILES string of the molecule is CC[CH-]Cc1ccc(-c2ccccc2)cc1.[CH2-]CC(CC)C1(C(=O)OCC)CCCC1.[Cr+2]. The van der Waals surface area contributed by atoms with E-state index in [9.17, 15) is 4.79 Å². The van der Waals surface area contributed by atoms with E-state index < -0.39 is 0 Å². The van der Waals surface area contributed by atoms with Crippen LogP contribution in [0.4, 0.5) is 0 Å². The van der Waals surface area contributed by atoms with E-state index in [-0.39, 0.29) is 28.7 Å². The maximum atomic E-state index is 12.1. The molecule has 0 radical (unpaired) electrons. The maximum absolute atomic E-state index is 12.1. The van der Waals surface area contributed by atoms with E-state index in [1.165, 1.54) is 16.7 Å². The van der Waals surface area contributed by atoms with Crippen LogP contribution in [0.2, 0.25) is 0 Å². The molecule has 1 aliphatic carbocycles. The fourth-order valence-corrected chi connectivity index (χ4v) is 4.71. The van der Waals surface area contributed by atoms with E-state index in [0.29, 0.717) is 12.5 Å². The van der Waals surface area contributed by atoms with Crippen LogP contribution >= 0.6 is 0 Å². The molecule has 0 N–H and O–H groups in total. The molecule has 174 valence electrons. The first-order chi connectivity index (χ1) is 15.1. The molecule has 1 saturated carbocycles. The van der Waals surface area contributed by atoms with E-state index in [1.54, 1.807) is 0 Å². The summed E-state index contributed by atoms with van der Waals surface area (Å²) < 4.78 is 5.25. The molecule has 0 amide bonds. The Labute approximate surface area is 207 Å². The molecular weight excluding hydrogens is 432 g/mol. The quantitative estimate of drug-likeness (QED) is 0.274. The van der Waals surface area contributed by atoms with Gasteiger partial charge < -0.3 is 18.1 Å². The molecule has 2 aromatic carbocycles. The van der Waals surface area contributed by atoms with E-state index in [1.807, 2.05) is 13.0 Å². The second kappa shape index (κ2) is 15.3. The first-order valence-corrected chi connectivity index (χ1v) is 12.0. The molecule has 0 aromatic heterocycles. The summed E-state index contributed by atoms with van der Waals surface area (Å²) in [5, 5.41) is 0. The van der Waals surface area contributed by atoms with Gasteiger partial charge in [0.15, 0.2) is 0 Å². The minimum Gasteiger partial charge on any atom is -0.466 e. The number of benzene rings is 2. The molecule has 3 heteroatoms. The number of carbonyl (C=O) groups is 1. The predicted octanol–water partition coefficient (Wildman–Crippen LogP) is 7.87. The predicted molar refractivity (Wildman–Crippen MR) is 131 cm³/mol. The number of esters is 1. The van der Waals surface area contributed by atoms with Gasteiger partial charge in [0.1, 0.15) is 0 Å². The summed E-state index contributed by atoms with van der Waals surface area (Å²) in [6.45, 7) is 10.7. The summed E-state index contributed by atoms with van der Waals surface area (Å²) in [5.41, 5.74) is 3.77. The topological polar surface area (TPSA) is 26.3 Å². The maximum Gasteiger partial charge on any atom is 2.00 e. The van der Waals surface area contributed by atoms with Gasteiger partial charge in [0.2, 0.25) is 0 Å². The Balaban J connectivity index is 0.000000311. The molecule has 0 spiro atoms. The Morgan fingerprint density at radius 1 is 1.00 bits per heavy atom. The molecular formula is C29H40CrO2. The normalized spacial score (nSPS) is 15.1. The standard InChI is InChI=1S/C16H17.C13H23O2.Cr/c1-2-3-7-14-10-12-16(13-11-14)15-8-5-4-6-9-15;1-4-11(5-2)13(9-7-8-10-13)12(14)15-6-3;/h3-6,8-13H,2,7H2,1H3;11H,1,4-10H2,2-3H3;/q2*-1;+2. The summed E-state index contributed by atoms with van der Waals surface area (Å²) in [5.74, 6) is 0.428. The third-order valence-corrected chi connectivity index (χ3v) is 6.53. The zero-order valence-electron chi connectivity index (χ0n) is 20.1. The van der Waals surface area contributed by atoms with Crippen molar-refractivity contribution >= 4 is 5.97 Å². The van der Waals surface area contributed by atoms with Gasteiger partial charge in [-0.3, -0.25) is 4.79 Å². The van der Waals surface area contributed by atoms with Crippen LogP contribution in [0.1, 0.15) is 71.3 Å². The number of rotatable bonds is 9. The number of unbranched alkanes of at least 4 members (excludes halogenated alkanes) is 1. The molecule has 3 rings (SSSR count). The van der Waals surface area contributed by atoms with Crippen LogP contribution in [0, 0.1) is 24.7 Å². The van der Waals surface area contributed by atoms with Crippen molar-refractivity contribution in [1.29, 1.82) is 0 Å². The molecule has 32 heavy (non-hydrogen) atoms. The van der Waals surface area contributed by atoms with E-state index >= 15 is 0 Å². The van der Waals surface area contributed by atoms with Crippen molar-refractivity contribution in [2.45, 2.75) is 72.1 Å². The Morgan fingerprint density at radius 3 is 2.09 bits per heavy atom. The van der Waals surface area contributed by atoms with Gasteiger partial charge in [-0.15, -0.1) is 0 Å². The molecule has 1 fully saturated rings. The van der Waals surface area contributed by atoms with Gasteiger partial charge in [0, 0.05) is 0 Å². The summed E-state index contributed by atoms with van der Waals surface area (Å²) in [6, 6.07) is 19.3. The van der Waals surface area contributed by atoms with Crippen LogP contribution in [0.3, 0.4) is 0 Å². The van der Waals surface area contributed by atoms with E-state index in [4.69, 9.17) is 4.74 Å². The largest absolute Gasteiger partial charge is 2.00 e. The summed E-state index contributed by atoms with van der Waals surface area (Å²) in [4.78, 5) is 12.1. The van der Waals surface area contributed by atoms with Crippen molar-refractivity contribution in [1.82, 2.24) is 0 Å². The van der Waals surface area contributed by atoms with Crippen molar-refractivity contribution < 1.29 is 26.9 Å². The first-order valence-electron chi connectivity index (χ1n) is 12.0. The Morgan fingerprint density at radius 2 is 1.59 bits per heavy atom. The van der Waals surface area contributed by atoms with Crippen molar-refractivity contribution in [2.75, 3.05) is 6.61 Å². The second-order valence-corrected chi connectivity index (χ2v) is 8.44. The molecule has 1 aliphatic rings. The molecule has 1 atom stereocenters. The van der Waals surface area contributed by atoms with E-state index in [2.05, 4.69) is 75.7 Å². The molecule has 0 heterocycles. The number of hydrogen-bond acceptors (Lipinski definition) is 2. The molecule has 2 nitrogen and oxygen atoms in total. The number of carbonyl (C=O) groups excluding carboxylic acids is 1. The van der Waals surface area contributed by atoms with Crippen molar-refractivity contribution in [3.05, 3.63) is 73.5 Å². The average Bonchev–Trinajstić information content (AvgIpc) is 3.31.